The predicted molar refractivity (Wildman–Crippen MR) is 126 cm³/mol. The highest BCUT2D eigenvalue weighted by Gasteiger charge is 2.20. The Hall–Kier alpha value is -3.42. The van der Waals surface area contributed by atoms with Gasteiger partial charge in [0.2, 0.25) is 5.16 Å². The summed E-state index contributed by atoms with van der Waals surface area (Å²) < 4.78 is 1.92. The summed E-state index contributed by atoms with van der Waals surface area (Å²) in [6, 6.07) is 26.6. The van der Waals surface area contributed by atoms with Crippen LogP contribution in [0.4, 0.5) is 5.69 Å². The molecule has 0 spiro atoms. The van der Waals surface area contributed by atoms with Crippen molar-refractivity contribution >= 4 is 39.9 Å². The minimum Gasteiger partial charge on any atom is -0.292 e. The van der Waals surface area contributed by atoms with Crippen molar-refractivity contribution in [2.24, 2.45) is 5.10 Å². The number of nitrogens with one attached hydrogen (secondary N) is 1. The SMILES string of the molecule is CC(=O)/C(=N/Nc1ccc(Cl)cc1)Sc1nnc(-c2ccccc2)n1-c1ccccc1. The molecule has 154 valence electrons. The first-order valence-corrected chi connectivity index (χ1v) is 10.7. The topological polar surface area (TPSA) is 72.2 Å². The minimum absolute atomic E-state index is 0.185. The van der Waals surface area contributed by atoms with E-state index in [0.717, 1.165) is 28.7 Å². The molecular weight excluding hydrogens is 430 g/mol. The smallest absolute Gasteiger partial charge is 0.202 e. The molecule has 1 aromatic heterocycles. The van der Waals surface area contributed by atoms with Gasteiger partial charge in [-0.2, -0.15) is 5.10 Å². The summed E-state index contributed by atoms with van der Waals surface area (Å²) in [6.07, 6.45) is 0. The molecule has 0 aliphatic rings. The number of carbonyl (C=O) groups excluding carboxylic acids is 1. The number of ketones is 1. The van der Waals surface area contributed by atoms with E-state index in [4.69, 9.17) is 11.6 Å². The van der Waals surface area contributed by atoms with Crippen LogP contribution in [0.3, 0.4) is 0 Å². The lowest BCUT2D eigenvalue weighted by Gasteiger charge is -2.10. The van der Waals surface area contributed by atoms with Crippen LogP contribution in [0.2, 0.25) is 5.02 Å². The fourth-order valence-electron chi connectivity index (χ4n) is 2.82. The van der Waals surface area contributed by atoms with E-state index in [2.05, 4.69) is 20.7 Å². The van der Waals surface area contributed by atoms with Crippen molar-refractivity contribution < 1.29 is 4.79 Å². The number of thioether (sulfide) groups is 1. The average molecular weight is 448 g/mol. The molecule has 4 rings (SSSR count). The van der Waals surface area contributed by atoms with Crippen LogP contribution in [-0.4, -0.2) is 25.6 Å². The Balaban J connectivity index is 1.71. The molecule has 0 bridgehead atoms. The number of benzene rings is 3. The largest absolute Gasteiger partial charge is 0.292 e. The van der Waals surface area contributed by atoms with Crippen LogP contribution in [0.5, 0.6) is 0 Å². The lowest BCUT2D eigenvalue weighted by molar-refractivity contribution is -0.110. The molecule has 1 N–H and O–H groups in total. The molecule has 6 nitrogen and oxygen atoms in total. The van der Waals surface area contributed by atoms with E-state index in [1.165, 1.54) is 6.92 Å². The Morgan fingerprint density at radius 1 is 0.935 bits per heavy atom. The van der Waals surface area contributed by atoms with E-state index in [0.29, 0.717) is 16.0 Å². The maximum Gasteiger partial charge on any atom is 0.202 e. The van der Waals surface area contributed by atoms with E-state index < -0.39 is 0 Å². The van der Waals surface area contributed by atoms with E-state index in [9.17, 15) is 4.79 Å². The molecule has 0 saturated carbocycles. The Kier molecular flexibility index (Phi) is 6.45. The molecule has 4 aromatic rings. The summed E-state index contributed by atoms with van der Waals surface area (Å²) in [5.74, 6) is 0.498. The summed E-state index contributed by atoms with van der Waals surface area (Å²) in [7, 11) is 0. The number of hydrogen-bond donors (Lipinski definition) is 1. The van der Waals surface area contributed by atoms with Gasteiger partial charge in [0, 0.05) is 23.2 Å². The normalized spacial score (nSPS) is 11.4. The first kappa shape index (κ1) is 20.8. The first-order chi connectivity index (χ1) is 15.1. The number of rotatable bonds is 6. The van der Waals surface area contributed by atoms with Crippen LogP contribution in [-0.2, 0) is 4.79 Å². The molecule has 0 unspecified atom stereocenters. The zero-order valence-corrected chi connectivity index (χ0v) is 18.1. The number of para-hydroxylation sites is 1. The minimum atomic E-state index is -0.185. The van der Waals surface area contributed by atoms with Gasteiger partial charge in [-0.15, -0.1) is 10.2 Å². The van der Waals surface area contributed by atoms with Gasteiger partial charge < -0.3 is 0 Å². The zero-order valence-electron chi connectivity index (χ0n) is 16.6. The molecule has 0 fully saturated rings. The van der Waals surface area contributed by atoms with Crippen LogP contribution < -0.4 is 5.43 Å². The second-order valence-corrected chi connectivity index (χ2v) is 7.93. The average Bonchev–Trinajstić information content (AvgIpc) is 3.22. The Bertz CT molecular complexity index is 1210. The standard InChI is InChI=1S/C23H18ClN5OS/c1-16(30)22(27-25-19-14-12-18(24)13-15-19)31-23-28-26-21(17-8-4-2-5-9-17)29(23)20-10-6-3-7-11-20/h2-15,25H,1H3/b27-22-. The summed E-state index contributed by atoms with van der Waals surface area (Å²) in [5, 5.41) is 14.5. The number of halogens is 1. The van der Waals surface area contributed by atoms with Crippen LogP contribution >= 0.6 is 23.4 Å². The molecule has 1 heterocycles. The molecule has 3 aromatic carbocycles. The number of aromatic nitrogens is 3. The van der Waals surface area contributed by atoms with Gasteiger partial charge in [0.05, 0.1) is 5.69 Å². The second-order valence-electron chi connectivity index (χ2n) is 6.54. The number of carbonyl (C=O) groups is 1. The van der Waals surface area contributed by atoms with Gasteiger partial charge in [-0.25, -0.2) is 0 Å². The van der Waals surface area contributed by atoms with Crippen molar-refractivity contribution in [2.45, 2.75) is 12.1 Å². The molecule has 0 aliphatic carbocycles. The van der Waals surface area contributed by atoms with Crippen LogP contribution in [0.1, 0.15) is 6.92 Å². The van der Waals surface area contributed by atoms with Crippen LogP contribution in [0, 0.1) is 0 Å². The van der Waals surface area contributed by atoms with E-state index >= 15 is 0 Å². The molecule has 0 atom stereocenters. The van der Waals surface area contributed by atoms with Gasteiger partial charge >= 0.3 is 0 Å². The van der Waals surface area contributed by atoms with Crippen LogP contribution in [0.15, 0.2) is 95.2 Å². The fourth-order valence-corrected chi connectivity index (χ4v) is 3.72. The maximum absolute atomic E-state index is 12.3. The Morgan fingerprint density at radius 3 is 2.23 bits per heavy atom. The summed E-state index contributed by atoms with van der Waals surface area (Å²) >= 11 is 7.08. The third-order valence-corrected chi connectivity index (χ3v) is 5.57. The summed E-state index contributed by atoms with van der Waals surface area (Å²) in [5.41, 5.74) is 5.44. The molecule has 0 saturated heterocycles. The van der Waals surface area contributed by atoms with Crippen molar-refractivity contribution in [3.8, 4) is 17.1 Å². The van der Waals surface area contributed by atoms with E-state index in [-0.39, 0.29) is 10.8 Å². The molecule has 0 aliphatic heterocycles. The van der Waals surface area contributed by atoms with Gasteiger partial charge in [0.25, 0.3) is 0 Å². The number of hydrogen-bond acceptors (Lipinski definition) is 6. The van der Waals surface area contributed by atoms with Gasteiger partial charge in [0.1, 0.15) is 0 Å². The summed E-state index contributed by atoms with van der Waals surface area (Å²) in [4.78, 5) is 12.3. The second kappa shape index (κ2) is 9.59. The predicted octanol–water partition coefficient (Wildman–Crippen LogP) is 5.69. The fraction of sp³-hybridized carbons (Fsp3) is 0.0435. The Morgan fingerprint density at radius 2 is 1.58 bits per heavy atom. The van der Waals surface area contributed by atoms with Crippen molar-refractivity contribution in [3.63, 3.8) is 0 Å². The summed E-state index contributed by atoms with van der Waals surface area (Å²) in [6.45, 7) is 1.47. The molecular formula is C23H18ClN5OS. The van der Waals surface area contributed by atoms with Crippen molar-refractivity contribution in [1.82, 2.24) is 14.8 Å². The highest BCUT2D eigenvalue weighted by Crippen LogP contribution is 2.29. The van der Waals surface area contributed by atoms with Gasteiger partial charge in [-0.05, 0) is 48.2 Å². The monoisotopic (exact) mass is 447 g/mol. The van der Waals surface area contributed by atoms with Gasteiger partial charge in [0.15, 0.2) is 16.7 Å². The number of hydrazone groups is 1. The van der Waals surface area contributed by atoms with Crippen molar-refractivity contribution in [2.75, 3.05) is 5.43 Å². The quantitative estimate of drug-likeness (QED) is 0.178. The highest BCUT2D eigenvalue weighted by atomic mass is 35.5. The van der Waals surface area contributed by atoms with Crippen molar-refractivity contribution in [1.29, 1.82) is 0 Å². The molecule has 0 radical (unpaired) electrons. The van der Waals surface area contributed by atoms with Gasteiger partial charge in [-0.3, -0.25) is 14.8 Å². The first-order valence-electron chi connectivity index (χ1n) is 9.46. The Labute approximate surface area is 189 Å². The number of Topliss-reactive ketones (excluding diaryl/α,β-unsaturated/α-hetero) is 1. The molecule has 8 heteroatoms. The van der Waals surface area contributed by atoms with E-state index in [1.54, 1.807) is 24.3 Å². The lowest BCUT2D eigenvalue weighted by atomic mass is 10.2. The van der Waals surface area contributed by atoms with Crippen molar-refractivity contribution in [3.05, 3.63) is 90.0 Å². The lowest BCUT2D eigenvalue weighted by Crippen LogP contribution is -2.10. The zero-order chi connectivity index (χ0) is 21.6. The third kappa shape index (κ3) is 5.02. The van der Waals surface area contributed by atoms with E-state index in [1.807, 2.05) is 65.2 Å². The third-order valence-electron chi connectivity index (χ3n) is 4.30. The highest BCUT2D eigenvalue weighted by molar-refractivity contribution is 8.15. The number of nitrogens with zero attached hydrogens (tertiary/aromatic N) is 4. The molecule has 31 heavy (non-hydrogen) atoms. The number of anilines is 1. The van der Waals surface area contributed by atoms with Gasteiger partial charge in [-0.1, -0.05) is 60.1 Å². The van der Waals surface area contributed by atoms with Crippen LogP contribution in [0.25, 0.3) is 17.1 Å². The maximum atomic E-state index is 12.3. The molecule has 0 amide bonds.